The van der Waals surface area contributed by atoms with Gasteiger partial charge in [-0.05, 0) is 44.4 Å². The monoisotopic (exact) mass is 233 g/mol. The molecule has 0 saturated heterocycles. The van der Waals surface area contributed by atoms with Crippen molar-refractivity contribution in [2.24, 2.45) is 17.8 Å². The first-order valence-corrected chi connectivity index (χ1v) is 6.78. The molecule has 0 aromatic rings. The van der Waals surface area contributed by atoms with Gasteiger partial charge < -0.3 is 5.32 Å². The van der Waals surface area contributed by atoms with Gasteiger partial charge in [0.1, 0.15) is 0 Å². The number of rotatable bonds is 4. The minimum atomic E-state index is 0.238. The van der Waals surface area contributed by atoms with Crippen molar-refractivity contribution in [1.82, 2.24) is 5.32 Å². The summed E-state index contributed by atoms with van der Waals surface area (Å²) in [6, 6.07) is 0. The molecular formula is C15H23NO. The van der Waals surface area contributed by atoms with E-state index in [2.05, 4.69) is 37.4 Å². The fourth-order valence-electron chi connectivity index (χ4n) is 2.48. The van der Waals surface area contributed by atoms with E-state index in [1.54, 1.807) is 0 Å². The van der Waals surface area contributed by atoms with Crippen molar-refractivity contribution < 1.29 is 4.79 Å². The topological polar surface area (TPSA) is 29.1 Å². The van der Waals surface area contributed by atoms with Gasteiger partial charge in [0.25, 0.3) is 0 Å². The first-order chi connectivity index (χ1) is 8.16. The summed E-state index contributed by atoms with van der Waals surface area (Å²) in [7, 11) is 0. The van der Waals surface area contributed by atoms with E-state index in [0.29, 0.717) is 24.3 Å². The Hall–Kier alpha value is -1.05. The number of amides is 1. The lowest BCUT2D eigenvalue weighted by Gasteiger charge is -2.24. The highest BCUT2D eigenvalue weighted by Gasteiger charge is 2.28. The fraction of sp³-hybridized carbons (Fsp3) is 0.667. The number of carbonyl (C=O) groups excluding carboxylic acids is 1. The molecule has 0 aromatic heterocycles. The summed E-state index contributed by atoms with van der Waals surface area (Å²) >= 11 is 0. The second kappa shape index (κ2) is 5.52. The van der Waals surface area contributed by atoms with Crippen LogP contribution in [0.2, 0.25) is 0 Å². The molecule has 2 nitrogen and oxygen atoms in total. The van der Waals surface area contributed by atoms with E-state index in [9.17, 15) is 4.79 Å². The van der Waals surface area contributed by atoms with E-state index in [-0.39, 0.29) is 5.91 Å². The van der Waals surface area contributed by atoms with Gasteiger partial charge in [-0.2, -0.15) is 0 Å². The first kappa shape index (κ1) is 12.4. The third-order valence-corrected chi connectivity index (χ3v) is 3.82. The second-order valence-corrected chi connectivity index (χ2v) is 5.52. The van der Waals surface area contributed by atoms with E-state index in [1.807, 2.05) is 0 Å². The highest BCUT2D eigenvalue weighted by Crippen LogP contribution is 2.29. The summed E-state index contributed by atoms with van der Waals surface area (Å²) in [6.45, 7) is 5.19. The van der Waals surface area contributed by atoms with Crippen LogP contribution in [-0.4, -0.2) is 12.5 Å². The van der Waals surface area contributed by atoms with Gasteiger partial charge in [-0.25, -0.2) is 0 Å². The molecule has 0 bridgehead atoms. The van der Waals surface area contributed by atoms with Crippen molar-refractivity contribution in [1.29, 1.82) is 0 Å². The maximum atomic E-state index is 11.4. The quantitative estimate of drug-likeness (QED) is 0.743. The summed E-state index contributed by atoms with van der Waals surface area (Å²) in [5.41, 5.74) is 1.52. The smallest absolute Gasteiger partial charge is 0.223 e. The Kier molecular flexibility index (Phi) is 4.03. The SMILES string of the molecule is CC1=CC(C)C(/C=C/CNC(=O)C2CC2)CC1. The van der Waals surface area contributed by atoms with Crippen molar-refractivity contribution in [3.05, 3.63) is 23.8 Å². The average Bonchev–Trinajstić information content (AvgIpc) is 3.10. The fourth-order valence-corrected chi connectivity index (χ4v) is 2.48. The van der Waals surface area contributed by atoms with Crippen LogP contribution in [0.4, 0.5) is 0 Å². The predicted molar refractivity (Wildman–Crippen MR) is 70.5 cm³/mol. The third-order valence-electron chi connectivity index (χ3n) is 3.82. The molecule has 2 atom stereocenters. The van der Waals surface area contributed by atoms with Crippen molar-refractivity contribution >= 4 is 5.91 Å². The standard InChI is InChI=1S/C15H23NO/c1-11-5-6-13(12(2)10-11)4-3-9-16-15(17)14-7-8-14/h3-4,10,12-14H,5-9H2,1-2H3,(H,16,17)/b4-3+. The molecular weight excluding hydrogens is 210 g/mol. The largest absolute Gasteiger partial charge is 0.352 e. The number of nitrogens with one attached hydrogen (secondary N) is 1. The van der Waals surface area contributed by atoms with Crippen LogP contribution in [0.1, 0.15) is 39.5 Å². The minimum Gasteiger partial charge on any atom is -0.352 e. The second-order valence-electron chi connectivity index (χ2n) is 5.52. The molecule has 0 aromatic carbocycles. The maximum Gasteiger partial charge on any atom is 0.223 e. The molecule has 94 valence electrons. The summed E-state index contributed by atoms with van der Waals surface area (Å²) in [5, 5.41) is 2.97. The highest BCUT2D eigenvalue weighted by molar-refractivity contribution is 5.80. The van der Waals surface area contributed by atoms with Gasteiger partial charge in [0.05, 0.1) is 0 Å². The Labute approximate surface area is 104 Å². The summed E-state index contributed by atoms with van der Waals surface area (Å²) in [6.07, 6.45) is 11.4. The molecule has 0 radical (unpaired) electrons. The van der Waals surface area contributed by atoms with Gasteiger partial charge in [0.15, 0.2) is 0 Å². The Balaban J connectivity index is 1.71. The summed E-state index contributed by atoms with van der Waals surface area (Å²) in [5.74, 6) is 1.85. The lowest BCUT2D eigenvalue weighted by molar-refractivity contribution is -0.122. The van der Waals surface area contributed by atoms with Gasteiger partial charge in [0.2, 0.25) is 5.91 Å². The molecule has 17 heavy (non-hydrogen) atoms. The minimum absolute atomic E-state index is 0.238. The van der Waals surface area contributed by atoms with E-state index < -0.39 is 0 Å². The number of hydrogen-bond acceptors (Lipinski definition) is 1. The summed E-state index contributed by atoms with van der Waals surface area (Å²) in [4.78, 5) is 11.4. The highest BCUT2D eigenvalue weighted by atomic mass is 16.2. The predicted octanol–water partition coefficient (Wildman–Crippen LogP) is 3.06. The van der Waals surface area contributed by atoms with E-state index in [1.165, 1.54) is 18.4 Å². The first-order valence-electron chi connectivity index (χ1n) is 6.78. The van der Waals surface area contributed by atoms with Crippen LogP contribution in [0.25, 0.3) is 0 Å². The zero-order chi connectivity index (χ0) is 12.3. The molecule has 0 heterocycles. The zero-order valence-corrected chi connectivity index (χ0v) is 10.9. The lowest BCUT2D eigenvalue weighted by Crippen LogP contribution is -2.25. The lowest BCUT2D eigenvalue weighted by atomic mass is 9.82. The van der Waals surface area contributed by atoms with Gasteiger partial charge >= 0.3 is 0 Å². The molecule has 2 unspecified atom stereocenters. The van der Waals surface area contributed by atoms with Crippen LogP contribution >= 0.6 is 0 Å². The van der Waals surface area contributed by atoms with Gasteiger partial charge in [-0.1, -0.05) is 30.7 Å². The van der Waals surface area contributed by atoms with Crippen LogP contribution in [0.5, 0.6) is 0 Å². The Morgan fingerprint density at radius 3 is 2.88 bits per heavy atom. The maximum absolute atomic E-state index is 11.4. The van der Waals surface area contributed by atoms with Crippen molar-refractivity contribution in [2.75, 3.05) is 6.54 Å². The van der Waals surface area contributed by atoms with Crippen molar-refractivity contribution in [3.8, 4) is 0 Å². The zero-order valence-electron chi connectivity index (χ0n) is 10.9. The van der Waals surface area contributed by atoms with Gasteiger partial charge in [-0.3, -0.25) is 4.79 Å². The number of allylic oxidation sites excluding steroid dienone is 3. The molecule has 2 rings (SSSR count). The molecule has 1 amide bonds. The Morgan fingerprint density at radius 1 is 1.47 bits per heavy atom. The van der Waals surface area contributed by atoms with Crippen LogP contribution in [-0.2, 0) is 4.79 Å². The van der Waals surface area contributed by atoms with Crippen LogP contribution < -0.4 is 5.32 Å². The van der Waals surface area contributed by atoms with Crippen molar-refractivity contribution in [2.45, 2.75) is 39.5 Å². The third kappa shape index (κ3) is 3.72. The molecule has 2 aliphatic rings. The molecule has 1 saturated carbocycles. The Morgan fingerprint density at radius 2 is 2.24 bits per heavy atom. The average molecular weight is 233 g/mol. The van der Waals surface area contributed by atoms with E-state index >= 15 is 0 Å². The van der Waals surface area contributed by atoms with E-state index in [0.717, 1.165) is 12.8 Å². The number of hydrogen-bond donors (Lipinski definition) is 1. The molecule has 2 aliphatic carbocycles. The van der Waals surface area contributed by atoms with E-state index in [4.69, 9.17) is 0 Å². The molecule has 1 fully saturated rings. The van der Waals surface area contributed by atoms with Crippen LogP contribution in [0.3, 0.4) is 0 Å². The van der Waals surface area contributed by atoms with Gasteiger partial charge in [0, 0.05) is 12.5 Å². The van der Waals surface area contributed by atoms with Crippen molar-refractivity contribution in [3.63, 3.8) is 0 Å². The Bertz CT molecular complexity index is 339. The molecule has 0 spiro atoms. The van der Waals surface area contributed by atoms with Crippen LogP contribution in [0.15, 0.2) is 23.8 Å². The van der Waals surface area contributed by atoms with Gasteiger partial charge in [-0.15, -0.1) is 0 Å². The normalized spacial score (nSPS) is 29.2. The summed E-state index contributed by atoms with van der Waals surface area (Å²) < 4.78 is 0. The molecule has 1 N–H and O–H groups in total. The molecule has 0 aliphatic heterocycles. The van der Waals surface area contributed by atoms with Crippen LogP contribution in [0, 0.1) is 17.8 Å². The molecule has 2 heteroatoms. The number of carbonyl (C=O) groups is 1.